The normalized spacial score (nSPS) is 14.1. The number of nitro groups is 1. The van der Waals surface area contributed by atoms with Gasteiger partial charge in [-0.2, -0.15) is 0 Å². The minimum atomic E-state index is -0.528. The van der Waals surface area contributed by atoms with Gasteiger partial charge in [-0.15, -0.1) is 0 Å². The van der Waals surface area contributed by atoms with Crippen LogP contribution in [0.25, 0.3) is 11.3 Å². The highest BCUT2D eigenvalue weighted by Gasteiger charge is 2.24. The first-order chi connectivity index (χ1) is 9.63. The SMILES string of the molecule is O=[N+]([O-])c1cnc(Cl)nc1-c1cccc(OC2CC2)c1. The number of ether oxygens (including phenoxy) is 1. The molecule has 2 aromatic rings. The Kier molecular flexibility index (Phi) is 3.23. The molecule has 0 atom stereocenters. The summed E-state index contributed by atoms with van der Waals surface area (Å²) in [4.78, 5) is 18.1. The third kappa shape index (κ3) is 2.70. The number of aromatic nitrogens is 2. The summed E-state index contributed by atoms with van der Waals surface area (Å²) in [6, 6.07) is 7.04. The van der Waals surface area contributed by atoms with Crippen molar-refractivity contribution in [1.82, 2.24) is 9.97 Å². The van der Waals surface area contributed by atoms with E-state index in [-0.39, 0.29) is 22.8 Å². The van der Waals surface area contributed by atoms with Gasteiger partial charge < -0.3 is 4.74 Å². The van der Waals surface area contributed by atoms with Crippen molar-refractivity contribution in [2.45, 2.75) is 18.9 Å². The van der Waals surface area contributed by atoms with Gasteiger partial charge in [0.25, 0.3) is 0 Å². The van der Waals surface area contributed by atoms with Gasteiger partial charge in [0.05, 0.1) is 11.0 Å². The van der Waals surface area contributed by atoms with E-state index < -0.39 is 4.92 Å². The van der Waals surface area contributed by atoms with Crippen LogP contribution < -0.4 is 4.74 Å². The Bertz CT molecular complexity index is 674. The molecule has 0 spiro atoms. The Morgan fingerprint density at radius 2 is 2.20 bits per heavy atom. The fraction of sp³-hybridized carbons (Fsp3) is 0.231. The smallest absolute Gasteiger partial charge is 0.313 e. The molecule has 7 heteroatoms. The zero-order valence-electron chi connectivity index (χ0n) is 10.3. The number of hydrogen-bond donors (Lipinski definition) is 0. The number of halogens is 1. The average molecular weight is 292 g/mol. The molecule has 0 bridgehead atoms. The van der Waals surface area contributed by atoms with Gasteiger partial charge in [-0.25, -0.2) is 9.97 Å². The Morgan fingerprint density at radius 1 is 1.40 bits per heavy atom. The Labute approximate surface area is 119 Å². The van der Waals surface area contributed by atoms with Crippen molar-refractivity contribution < 1.29 is 9.66 Å². The predicted octanol–water partition coefficient (Wildman–Crippen LogP) is 3.25. The number of benzene rings is 1. The summed E-state index contributed by atoms with van der Waals surface area (Å²) in [5.41, 5.74) is 0.591. The summed E-state index contributed by atoms with van der Waals surface area (Å²) in [5.74, 6) is 0.675. The summed E-state index contributed by atoms with van der Waals surface area (Å²) >= 11 is 5.73. The van der Waals surface area contributed by atoms with Crippen LogP contribution in [-0.4, -0.2) is 21.0 Å². The Hall–Kier alpha value is -2.21. The summed E-state index contributed by atoms with van der Waals surface area (Å²) in [6.45, 7) is 0. The lowest BCUT2D eigenvalue weighted by molar-refractivity contribution is -0.384. The predicted molar refractivity (Wildman–Crippen MR) is 72.8 cm³/mol. The van der Waals surface area contributed by atoms with Crippen molar-refractivity contribution in [3.05, 3.63) is 45.9 Å². The molecule has 1 aliphatic rings. The van der Waals surface area contributed by atoms with Gasteiger partial charge in [-0.3, -0.25) is 10.1 Å². The van der Waals surface area contributed by atoms with E-state index in [0.717, 1.165) is 19.0 Å². The first-order valence-corrected chi connectivity index (χ1v) is 6.45. The summed E-state index contributed by atoms with van der Waals surface area (Å²) < 4.78 is 5.67. The molecule has 0 unspecified atom stereocenters. The molecule has 1 aliphatic carbocycles. The van der Waals surface area contributed by atoms with Gasteiger partial charge in [-0.1, -0.05) is 12.1 Å². The standard InChI is InChI=1S/C13H10ClN3O3/c14-13-15-7-11(17(18)19)12(16-13)8-2-1-3-10(6-8)20-9-4-5-9/h1-3,6-7,9H,4-5H2. The molecule has 6 nitrogen and oxygen atoms in total. The van der Waals surface area contributed by atoms with Gasteiger partial charge in [0.1, 0.15) is 11.9 Å². The van der Waals surface area contributed by atoms with E-state index in [0.29, 0.717) is 11.3 Å². The Balaban J connectivity index is 2.02. The molecular formula is C13H10ClN3O3. The first-order valence-electron chi connectivity index (χ1n) is 6.07. The van der Waals surface area contributed by atoms with Crippen LogP contribution in [0.5, 0.6) is 5.75 Å². The van der Waals surface area contributed by atoms with E-state index in [1.807, 2.05) is 6.07 Å². The highest BCUT2D eigenvalue weighted by atomic mass is 35.5. The largest absolute Gasteiger partial charge is 0.490 e. The fourth-order valence-electron chi connectivity index (χ4n) is 1.80. The van der Waals surface area contributed by atoms with Crippen LogP contribution in [0.3, 0.4) is 0 Å². The second kappa shape index (κ2) is 5.05. The molecule has 1 aromatic heterocycles. The maximum atomic E-state index is 11.0. The lowest BCUT2D eigenvalue weighted by atomic mass is 10.1. The average Bonchev–Trinajstić information content (AvgIpc) is 3.22. The van der Waals surface area contributed by atoms with Crippen molar-refractivity contribution in [3.63, 3.8) is 0 Å². The Morgan fingerprint density at radius 3 is 2.90 bits per heavy atom. The van der Waals surface area contributed by atoms with E-state index in [1.54, 1.807) is 18.2 Å². The third-order valence-electron chi connectivity index (χ3n) is 2.87. The van der Waals surface area contributed by atoms with Gasteiger partial charge in [0.15, 0.2) is 5.69 Å². The maximum Gasteiger partial charge on any atom is 0.313 e. The van der Waals surface area contributed by atoms with E-state index in [9.17, 15) is 10.1 Å². The topological polar surface area (TPSA) is 78.2 Å². The molecule has 20 heavy (non-hydrogen) atoms. The molecule has 1 saturated carbocycles. The van der Waals surface area contributed by atoms with Crippen LogP contribution in [-0.2, 0) is 0 Å². The number of hydrogen-bond acceptors (Lipinski definition) is 5. The molecule has 1 aromatic carbocycles. The van der Waals surface area contributed by atoms with Crippen molar-refractivity contribution >= 4 is 17.3 Å². The van der Waals surface area contributed by atoms with E-state index in [2.05, 4.69) is 9.97 Å². The molecular weight excluding hydrogens is 282 g/mol. The zero-order chi connectivity index (χ0) is 14.1. The fourth-order valence-corrected chi connectivity index (χ4v) is 1.93. The highest BCUT2D eigenvalue weighted by molar-refractivity contribution is 6.28. The molecule has 3 rings (SSSR count). The lowest BCUT2D eigenvalue weighted by Gasteiger charge is -2.07. The third-order valence-corrected chi connectivity index (χ3v) is 3.05. The minimum Gasteiger partial charge on any atom is -0.490 e. The van der Waals surface area contributed by atoms with Crippen LogP contribution in [0, 0.1) is 10.1 Å². The first kappa shape index (κ1) is 12.8. The van der Waals surface area contributed by atoms with Crippen LogP contribution in [0.2, 0.25) is 5.28 Å². The second-order valence-electron chi connectivity index (χ2n) is 4.48. The minimum absolute atomic E-state index is 0.0286. The molecule has 0 radical (unpaired) electrons. The van der Waals surface area contributed by atoms with E-state index in [1.165, 1.54) is 0 Å². The zero-order valence-corrected chi connectivity index (χ0v) is 11.1. The van der Waals surface area contributed by atoms with Crippen molar-refractivity contribution in [1.29, 1.82) is 0 Å². The van der Waals surface area contributed by atoms with Gasteiger partial charge in [-0.05, 0) is 36.6 Å². The quantitative estimate of drug-likeness (QED) is 0.491. The second-order valence-corrected chi connectivity index (χ2v) is 4.81. The summed E-state index contributed by atoms with van der Waals surface area (Å²) in [5, 5.41) is 11.0. The summed E-state index contributed by atoms with van der Waals surface area (Å²) in [7, 11) is 0. The van der Waals surface area contributed by atoms with Crippen LogP contribution >= 0.6 is 11.6 Å². The monoisotopic (exact) mass is 291 g/mol. The van der Waals surface area contributed by atoms with E-state index in [4.69, 9.17) is 16.3 Å². The molecule has 1 heterocycles. The van der Waals surface area contributed by atoms with Crippen molar-refractivity contribution in [2.24, 2.45) is 0 Å². The highest BCUT2D eigenvalue weighted by Crippen LogP contribution is 2.32. The van der Waals surface area contributed by atoms with Crippen LogP contribution in [0.15, 0.2) is 30.5 Å². The molecule has 0 amide bonds. The molecule has 0 aliphatic heterocycles. The van der Waals surface area contributed by atoms with Gasteiger partial charge in [0.2, 0.25) is 5.28 Å². The van der Waals surface area contributed by atoms with Gasteiger partial charge in [0, 0.05) is 5.56 Å². The molecule has 0 N–H and O–H groups in total. The number of rotatable bonds is 4. The molecule has 1 fully saturated rings. The van der Waals surface area contributed by atoms with Crippen molar-refractivity contribution in [2.75, 3.05) is 0 Å². The van der Waals surface area contributed by atoms with Crippen LogP contribution in [0.1, 0.15) is 12.8 Å². The van der Waals surface area contributed by atoms with Gasteiger partial charge >= 0.3 is 5.69 Å². The van der Waals surface area contributed by atoms with Crippen LogP contribution in [0.4, 0.5) is 5.69 Å². The van der Waals surface area contributed by atoms with Crippen molar-refractivity contribution in [3.8, 4) is 17.0 Å². The maximum absolute atomic E-state index is 11.0. The lowest BCUT2D eigenvalue weighted by Crippen LogP contribution is -1.98. The molecule has 102 valence electrons. The molecule has 0 saturated heterocycles. The summed E-state index contributed by atoms with van der Waals surface area (Å²) in [6.07, 6.45) is 3.46. The number of nitrogens with zero attached hydrogens (tertiary/aromatic N) is 3. The van der Waals surface area contributed by atoms with E-state index >= 15 is 0 Å².